The number of aliphatic hydroxyl groups is 1. The van der Waals surface area contributed by atoms with Gasteiger partial charge in [-0.05, 0) is 23.1 Å². The Morgan fingerprint density at radius 1 is 1.19 bits per heavy atom. The molecule has 0 radical (unpaired) electrons. The smallest absolute Gasteiger partial charge is 0.261 e. The standard InChI is InChI=1S/C25H27N3O3S/c1-27-14-17(18-6-2-4-8-20(18)27)15-28-11-13-31-21(16-28)23-19-7-3-5-9-22(19)32-24(23)25(30)26-10-12-29/h2-9,14,21,29H,10-13,15-16H2,1H3,(H,26,30). The molecule has 1 aliphatic heterocycles. The van der Waals surface area contributed by atoms with E-state index in [-0.39, 0.29) is 25.2 Å². The second-order valence-corrected chi connectivity index (χ2v) is 9.25. The largest absolute Gasteiger partial charge is 0.395 e. The van der Waals surface area contributed by atoms with Gasteiger partial charge in [-0.3, -0.25) is 9.69 Å². The van der Waals surface area contributed by atoms with Crippen molar-refractivity contribution in [3.63, 3.8) is 0 Å². The fraction of sp³-hybridized carbons (Fsp3) is 0.320. The van der Waals surface area contributed by atoms with Gasteiger partial charge in [-0.15, -0.1) is 11.3 Å². The van der Waals surface area contributed by atoms with E-state index in [9.17, 15) is 4.79 Å². The Bertz CT molecular complexity index is 1260. The SMILES string of the molecule is Cn1cc(CN2CCOC(c3c(C(=O)NCCO)sc4ccccc34)C2)c2ccccc21. The topological polar surface area (TPSA) is 66.7 Å². The lowest BCUT2D eigenvalue weighted by Crippen LogP contribution is -2.38. The molecule has 1 saturated heterocycles. The number of para-hydroxylation sites is 1. The molecule has 1 unspecified atom stereocenters. The van der Waals surface area contributed by atoms with Crippen molar-refractivity contribution >= 4 is 38.2 Å². The number of hydrogen-bond donors (Lipinski definition) is 2. The summed E-state index contributed by atoms with van der Waals surface area (Å²) in [5.41, 5.74) is 3.50. The molecule has 0 spiro atoms. The predicted molar refractivity (Wildman–Crippen MR) is 128 cm³/mol. The number of rotatable bonds is 6. The van der Waals surface area contributed by atoms with Crippen molar-refractivity contribution in [2.24, 2.45) is 7.05 Å². The number of ether oxygens (including phenoxy) is 1. The average Bonchev–Trinajstić information content (AvgIpc) is 3.36. The number of aromatic nitrogens is 1. The first-order chi connectivity index (χ1) is 15.7. The van der Waals surface area contributed by atoms with Gasteiger partial charge in [0, 0.05) is 60.6 Å². The number of carbonyl (C=O) groups is 1. The van der Waals surface area contributed by atoms with Gasteiger partial charge in [-0.2, -0.15) is 0 Å². The molecule has 1 fully saturated rings. The summed E-state index contributed by atoms with van der Waals surface area (Å²) in [5, 5.41) is 14.3. The first-order valence-corrected chi connectivity index (χ1v) is 11.7. The number of carbonyl (C=O) groups excluding carboxylic acids is 1. The van der Waals surface area contributed by atoms with Crippen molar-refractivity contribution in [2.45, 2.75) is 12.6 Å². The van der Waals surface area contributed by atoms with Crippen molar-refractivity contribution in [1.29, 1.82) is 0 Å². The van der Waals surface area contributed by atoms with Crippen LogP contribution in [0.25, 0.3) is 21.0 Å². The zero-order chi connectivity index (χ0) is 22.1. The summed E-state index contributed by atoms with van der Waals surface area (Å²) in [6, 6.07) is 16.6. The molecule has 2 aromatic heterocycles. The van der Waals surface area contributed by atoms with E-state index in [1.807, 2.05) is 18.2 Å². The highest BCUT2D eigenvalue weighted by molar-refractivity contribution is 7.21. The minimum Gasteiger partial charge on any atom is -0.395 e. The molecule has 32 heavy (non-hydrogen) atoms. The third kappa shape index (κ3) is 3.93. The molecule has 2 aromatic carbocycles. The highest BCUT2D eigenvalue weighted by Gasteiger charge is 2.30. The van der Waals surface area contributed by atoms with Gasteiger partial charge < -0.3 is 19.7 Å². The van der Waals surface area contributed by atoms with E-state index in [1.165, 1.54) is 27.8 Å². The van der Waals surface area contributed by atoms with Crippen LogP contribution >= 0.6 is 11.3 Å². The second kappa shape index (κ2) is 9.03. The maximum atomic E-state index is 12.9. The number of fused-ring (bicyclic) bond motifs is 2. The van der Waals surface area contributed by atoms with E-state index in [0.717, 1.165) is 35.3 Å². The van der Waals surface area contributed by atoms with Gasteiger partial charge in [0.25, 0.3) is 5.91 Å². The maximum absolute atomic E-state index is 12.9. The van der Waals surface area contributed by atoms with Crippen molar-refractivity contribution < 1.29 is 14.6 Å². The number of aliphatic hydroxyl groups excluding tert-OH is 1. The third-order valence-electron chi connectivity index (χ3n) is 6.08. The van der Waals surface area contributed by atoms with Crippen molar-refractivity contribution in [3.8, 4) is 0 Å². The van der Waals surface area contributed by atoms with E-state index >= 15 is 0 Å². The summed E-state index contributed by atoms with van der Waals surface area (Å²) in [6.07, 6.45) is 2.04. The fourth-order valence-electron chi connectivity index (χ4n) is 4.62. The Labute approximate surface area is 191 Å². The third-order valence-corrected chi connectivity index (χ3v) is 7.27. The number of morpholine rings is 1. The number of benzene rings is 2. The molecule has 6 nitrogen and oxygen atoms in total. The molecule has 3 heterocycles. The fourth-order valence-corrected chi connectivity index (χ4v) is 5.79. The highest BCUT2D eigenvalue weighted by Crippen LogP contribution is 2.38. The van der Waals surface area contributed by atoms with E-state index in [1.54, 1.807) is 0 Å². The molecule has 2 N–H and O–H groups in total. The molecular formula is C25H27N3O3S. The Hall–Kier alpha value is -2.71. The summed E-state index contributed by atoms with van der Waals surface area (Å²) in [5.74, 6) is -0.148. The first kappa shape index (κ1) is 21.2. The van der Waals surface area contributed by atoms with Crippen LogP contribution in [0.3, 0.4) is 0 Å². The summed E-state index contributed by atoms with van der Waals surface area (Å²) in [6.45, 7) is 3.21. The number of nitrogens with one attached hydrogen (secondary N) is 1. The zero-order valence-corrected chi connectivity index (χ0v) is 18.9. The van der Waals surface area contributed by atoms with E-state index in [2.05, 4.69) is 58.4 Å². The number of thiophene rings is 1. The number of aryl methyl sites for hydroxylation is 1. The predicted octanol–water partition coefficient (Wildman–Crippen LogP) is 3.69. The summed E-state index contributed by atoms with van der Waals surface area (Å²) >= 11 is 1.49. The number of amides is 1. The van der Waals surface area contributed by atoms with Crippen LogP contribution in [-0.2, 0) is 18.3 Å². The Morgan fingerprint density at radius 2 is 1.97 bits per heavy atom. The van der Waals surface area contributed by atoms with E-state index in [4.69, 9.17) is 9.84 Å². The minimum atomic E-state index is -0.176. The Kier molecular flexibility index (Phi) is 5.97. The summed E-state index contributed by atoms with van der Waals surface area (Å²) in [7, 11) is 2.09. The van der Waals surface area contributed by atoms with Crippen LogP contribution in [0.15, 0.2) is 54.7 Å². The molecule has 166 valence electrons. The maximum Gasteiger partial charge on any atom is 0.261 e. The molecule has 0 saturated carbocycles. The van der Waals surface area contributed by atoms with Gasteiger partial charge in [0.05, 0.1) is 24.2 Å². The van der Waals surface area contributed by atoms with E-state index < -0.39 is 0 Å². The van der Waals surface area contributed by atoms with Crippen LogP contribution in [0.1, 0.15) is 26.9 Å². The summed E-state index contributed by atoms with van der Waals surface area (Å²) < 4.78 is 9.47. The quantitative estimate of drug-likeness (QED) is 0.471. The molecule has 4 aromatic rings. The van der Waals surface area contributed by atoms with Crippen LogP contribution in [0, 0.1) is 0 Å². The van der Waals surface area contributed by atoms with Crippen molar-refractivity contribution in [1.82, 2.24) is 14.8 Å². The molecule has 1 amide bonds. The second-order valence-electron chi connectivity index (χ2n) is 8.20. The van der Waals surface area contributed by atoms with Gasteiger partial charge in [-0.25, -0.2) is 0 Å². The van der Waals surface area contributed by atoms with Gasteiger partial charge in [0.15, 0.2) is 0 Å². The van der Waals surface area contributed by atoms with Crippen LogP contribution in [-0.4, -0.2) is 53.3 Å². The lowest BCUT2D eigenvalue weighted by molar-refractivity contribution is -0.0322. The average molecular weight is 450 g/mol. The molecule has 0 bridgehead atoms. The first-order valence-electron chi connectivity index (χ1n) is 10.9. The van der Waals surface area contributed by atoms with Crippen molar-refractivity contribution in [2.75, 3.05) is 32.8 Å². The van der Waals surface area contributed by atoms with Crippen molar-refractivity contribution in [3.05, 3.63) is 70.7 Å². The lowest BCUT2D eigenvalue weighted by atomic mass is 10.0. The Balaban J connectivity index is 1.44. The van der Waals surface area contributed by atoms with E-state index in [0.29, 0.717) is 11.5 Å². The van der Waals surface area contributed by atoms with Gasteiger partial charge in [0.2, 0.25) is 0 Å². The molecule has 0 aliphatic carbocycles. The lowest BCUT2D eigenvalue weighted by Gasteiger charge is -2.33. The molecule has 7 heteroatoms. The van der Waals surface area contributed by atoms with Gasteiger partial charge >= 0.3 is 0 Å². The Morgan fingerprint density at radius 3 is 2.81 bits per heavy atom. The van der Waals surface area contributed by atoms with Crippen LogP contribution < -0.4 is 5.32 Å². The molecule has 5 rings (SSSR count). The number of hydrogen-bond acceptors (Lipinski definition) is 5. The summed E-state index contributed by atoms with van der Waals surface area (Å²) in [4.78, 5) is 16.0. The van der Waals surface area contributed by atoms with Gasteiger partial charge in [-0.1, -0.05) is 36.4 Å². The molecule has 1 atom stereocenters. The molecular weight excluding hydrogens is 422 g/mol. The molecule has 1 aliphatic rings. The van der Waals surface area contributed by atoms with Crippen LogP contribution in [0.2, 0.25) is 0 Å². The van der Waals surface area contributed by atoms with Gasteiger partial charge in [0.1, 0.15) is 0 Å². The number of nitrogens with zero attached hydrogens (tertiary/aromatic N) is 2. The van der Waals surface area contributed by atoms with Crippen LogP contribution in [0.4, 0.5) is 0 Å². The monoisotopic (exact) mass is 449 g/mol. The van der Waals surface area contributed by atoms with Crippen LogP contribution in [0.5, 0.6) is 0 Å². The minimum absolute atomic E-state index is 0.0787. The normalized spacial score (nSPS) is 17.2. The zero-order valence-electron chi connectivity index (χ0n) is 18.1. The highest BCUT2D eigenvalue weighted by atomic mass is 32.1.